The molecule has 0 aromatic heterocycles. The summed E-state index contributed by atoms with van der Waals surface area (Å²) in [6, 6.07) is 22.5. The summed E-state index contributed by atoms with van der Waals surface area (Å²) >= 11 is 0. The van der Waals surface area contributed by atoms with Crippen LogP contribution in [0.1, 0.15) is 15.9 Å². The number of carbonyl (C=O) groups is 2. The van der Waals surface area contributed by atoms with E-state index in [9.17, 15) is 18.0 Å². The lowest BCUT2D eigenvalue weighted by Crippen LogP contribution is -2.22. The molecule has 0 radical (unpaired) electrons. The molecule has 9 heteroatoms. The molecule has 0 unspecified atom stereocenters. The number of hydrogen-bond acceptors (Lipinski definition) is 6. The van der Waals surface area contributed by atoms with Crippen molar-refractivity contribution in [1.82, 2.24) is 0 Å². The molecular formula is C26H22N2O6S. The fraction of sp³-hybridized carbons (Fsp3) is 0.0769. The molecule has 0 saturated heterocycles. The van der Waals surface area contributed by atoms with Gasteiger partial charge in [0.25, 0.3) is 0 Å². The number of nitrogens with one attached hydrogen (secondary N) is 2. The first kappa shape index (κ1) is 23.8. The predicted octanol–water partition coefficient (Wildman–Crippen LogP) is 5.35. The van der Waals surface area contributed by atoms with Crippen molar-refractivity contribution in [2.24, 2.45) is 0 Å². The number of aryl methyl sites for hydroxylation is 1. The summed E-state index contributed by atoms with van der Waals surface area (Å²) in [4.78, 5) is 25.2. The van der Waals surface area contributed by atoms with Crippen molar-refractivity contribution >= 4 is 44.3 Å². The first-order chi connectivity index (χ1) is 16.8. The number of anilines is 2. The molecule has 2 N–H and O–H groups in total. The van der Waals surface area contributed by atoms with E-state index in [0.29, 0.717) is 5.69 Å². The maximum atomic E-state index is 12.9. The van der Waals surface area contributed by atoms with Gasteiger partial charge in [-0.2, -0.15) is 8.42 Å². The molecule has 35 heavy (non-hydrogen) atoms. The Balaban J connectivity index is 1.68. The smallest absolute Gasteiger partial charge is 0.340 e. The number of ether oxygens (including phenoxy) is 1. The third-order valence-corrected chi connectivity index (χ3v) is 6.47. The highest BCUT2D eigenvalue weighted by Crippen LogP contribution is 2.32. The van der Waals surface area contributed by atoms with Crippen LogP contribution in [0.3, 0.4) is 0 Å². The molecule has 0 atom stereocenters. The third-order valence-electron chi connectivity index (χ3n) is 5.22. The van der Waals surface area contributed by atoms with Crippen LogP contribution in [0, 0.1) is 6.92 Å². The number of urea groups is 1. The van der Waals surface area contributed by atoms with Crippen LogP contribution in [0.4, 0.5) is 16.2 Å². The average Bonchev–Trinajstić information content (AvgIpc) is 2.85. The van der Waals surface area contributed by atoms with Gasteiger partial charge in [-0.15, -0.1) is 0 Å². The van der Waals surface area contributed by atoms with Crippen molar-refractivity contribution in [2.45, 2.75) is 11.8 Å². The van der Waals surface area contributed by atoms with Crippen molar-refractivity contribution in [3.63, 3.8) is 0 Å². The van der Waals surface area contributed by atoms with Crippen molar-refractivity contribution in [2.75, 3.05) is 17.7 Å². The Kier molecular flexibility index (Phi) is 6.70. The number of hydrogen-bond donors (Lipinski definition) is 2. The van der Waals surface area contributed by atoms with Crippen LogP contribution in [-0.2, 0) is 14.9 Å². The number of para-hydroxylation sites is 1. The summed E-state index contributed by atoms with van der Waals surface area (Å²) in [7, 11) is -3.07. The Morgan fingerprint density at radius 2 is 1.49 bits per heavy atom. The van der Waals surface area contributed by atoms with E-state index in [0.717, 1.165) is 16.3 Å². The van der Waals surface area contributed by atoms with Crippen molar-refractivity contribution < 1.29 is 26.9 Å². The lowest BCUT2D eigenvalue weighted by Gasteiger charge is -2.16. The molecule has 0 spiro atoms. The van der Waals surface area contributed by atoms with Gasteiger partial charge in [-0.1, -0.05) is 60.2 Å². The highest BCUT2D eigenvalue weighted by Gasteiger charge is 2.24. The van der Waals surface area contributed by atoms with Crippen LogP contribution in [-0.4, -0.2) is 27.5 Å². The summed E-state index contributed by atoms with van der Waals surface area (Å²) in [6.07, 6.45) is 0. The molecule has 0 bridgehead atoms. The molecule has 0 heterocycles. The molecule has 4 aromatic carbocycles. The molecular weight excluding hydrogens is 468 g/mol. The summed E-state index contributed by atoms with van der Waals surface area (Å²) in [6.45, 7) is 1.83. The fourth-order valence-corrected chi connectivity index (χ4v) is 4.42. The SMILES string of the molecule is COC(=O)c1cccc(OS(=O)(=O)c2ccc(C)cc2)c1NC(=O)Nc1cccc2ccccc12. The topological polar surface area (TPSA) is 111 Å². The quantitative estimate of drug-likeness (QED) is 0.279. The number of esters is 1. The van der Waals surface area contributed by atoms with E-state index in [4.69, 9.17) is 8.92 Å². The third kappa shape index (κ3) is 5.25. The largest absolute Gasteiger partial charge is 0.465 e. The van der Waals surface area contributed by atoms with Crippen LogP contribution in [0.25, 0.3) is 10.8 Å². The van der Waals surface area contributed by atoms with E-state index >= 15 is 0 Å². The lowest BCUT2D eigenvalue weighted by molar-refractivity contribution is 0.0601. The summed E-state index contributed by atoms with van der Waals surface area (Å²) in [5.41, 5.74) is 1.19. The summed E-state index contributed by atoms with van der Waals surface area (Å²) in [5.74, 6) is -1.01. The van der Waals surface area contributed by atoms with E-state index in [1.807, 2.05) is 37.3 Å². The monoisotopic (exact) mass is 490 g/mol. The Morgan fingerprint density at radius 3 is 2.23 bits per heavy atom. The Bertz CT molecular complexity index is 1510. The standard InChI is InChI=1S/C26H22N2O6S/c1-17-13-15-19(16-14-17)35(31,32)34-23-12-6-10-21(25(29)33-2)24(23)28-26(30)27-22-11-5-8-18-7-3-4-9-20(18)22/h3-16H,1-2H3,(H2,27,28,30). The number of fused-ring (bicyclic) bond motifs is 1. The molecule has 0 saturated carbocycles. The Hall–Kier alpha value is -4.37. The van der Waals surface area contributed by atoms with E-state index in [1.165, 1.54) is 37.4 Å². The molecule has 0 aliphatic rings. The zero-order valence-corrected chi connectivity index (χ0v) is 19.8. The molecule has 2 amide bonds. The Labute approximate surface area is 202 Å². The zero-order chi connectivity index (χ0) is 25.0. The molecule has 0 aliphatic carbocycles. The van der Waals surface area contributed by atoms with Gasteiger partial charge in [0, 0.05) is 5.39 Å². The van der Waals surface area contributed by atoms with Crippen LogP contribution in [0.5, 0.6) is 5.75 Å². The minimum atomic E-state index is -4.25. The molecule has 0 aliphatic heterocycles. The van der Waals surface area contributed by atoms with Crippen LogP contribution < -0.4 is 14.8 Å². The van der Waals surface area contributed by atoms with Gasteiger partial charge >= 0.3 is 22.1 Å². The number of rotatable bonds is 6. The van der Waals surface area contributed by atoms with Crippen molar-refractivity contribution in [3.8, 4) is 5.75 Å². The fourth-order valence-electron chi connectivity index (χ4n) is 3.48. The zero-order valence-electron chi connectivity index (χ0n) is 18.9. The van der Waals surface area contributed by atoms with Crippen molar-refractivity contribution in [1.29, 1.82) is 0 Å². The van der Waals surface area contributed by atoms with Gasteiger partial charge < -0.3 is 19.6 Å². The van der Waals surface area contributed by atoms with Crippen LogP contribution in [0.2, 0.25) is 0 Å². The summed E-state index contributed by atoms with van der Waals surface area (Å²) < 4.78 is 35.9. The minimum absolute atomic E-state index is 0.0715. The maximum Gasteiger partial charge on any atom is 0.340 e. The summed E-state index contributed by atoms with van der Waals surface area (Å²) in [5, 5.41) is 7.02. The van der Waals surface area contributed by atoms with E-state index in [-0.39, 0.29) is 21.9 Å². The van der Waals surface area contributed by atoms with E-state index < -0.39 is 22.1 Å². The second kappa shape index (κ2) is 9.86. The number of methoxy groups -OCH3 is 1. The number of carbonyl (C=O) groups excluding carboxylic acids is 2. The number of amides is 2. The highest BCUT2D eigenvalue weighted by molar-refractivity contribution is 7.87. The average molecular weight is 491 g/mol. The second-order valence-corrected chi connectivity index (χ2v) is 9.17. The molecule has 4 rings (SSSR count). The highest BCUT2D eigenvalue weighted by atomic mass is 32.2. The first-order valence-corrected chi connectivity index (χ1v) is 12.0. The normalized spacial score (nSPS) is 11.0. The Morgan fingerprint density at radius 1 is 0.800 bits per heavy atom. The van der Waals surface area contributed by atoms with Gasteiger partial charge in [0.2, 0.25) is 0 Å². The molecule has 178 valence electrons. The van der Waals surface area contributed by atoms with E-state index in [2.05, 4.69) is 10.6 Å². The lowest BCUT2D eigenvalue weighted by atomic mass is 10.1. The molecule has 8 nitrogen and oxygen atoms in total. The predicted molar refractivity (Wildman–Crippen MR) is 133 cm³/mol. The van der Waals surface area contributed by atoms with Crippen LogP contribution >= 0.6 is 0 Å². The second-order valence-electron chi connectivity index (χ2n) is 7.63. The van der Waals surface area contributed by atoms with Gasteiger partial charge in [0.1, 0.15) is 10.6 Å². The molecule has 4 aromatic rings. The van der Waals surface area contributed by atoms with Gasteiger partial charge in [-0.05, 0) is 42.6 Å². The van der Waals surface area contributed by atoms with Gasteiger partial charge in [0.05, 0.1) is 18.4 Å². The van der Waals surface area contributed by atoms with Crippen LogP contribution in [0.15, 0.2) is 89.8 Å². The van der Waals surface area contributed by atoms with E-state index in [1.54, 1.807) is 24.3 Å². The van der Waals surface area contributed by atoms with Gasteiger partial charge in [-0.3, -0.25) is 0 Å². The number of benzene rings is 4. The maximum absolute atomic E-state index is 12.9. The van der Waals surface area contributed by atoms with Gasteiger partial charge in [-0.25, -0.2) is 9.59 Å². The minimum Gasteiger partial charge on any atom is -0.465 e. The first-order valence-electron chi connectivity index (χ1n) is 10.6. The van der Waals surface area contributed by atoms with Gasteiger partial charge in [0.15, 0.2) is 5.75 Å². The molecule has 0 fully saturated rings. The van der Waals surface area contributed by atoms with Crippen molar-refractivity contribution in [3.05, 3.63) is 96.1 Å².